The summed E-state index contributed by atoms with van der Waals surface area (Å²) in [5.74, 6) is 0.947. The summed E-state index contributed by atoms with van der Waals surface area (Å²) < 4.78 is 6.72. The average molecular weight is 326 g/mol. The Bertz CT molecular complexity index is 572. The topological polar surface area (TPSA) is 47.0 Å². The van der Waals surface area contributed by atoms with Crippen LogP contribution in [0.25, 0.3) is 0 Å². The molecule has 0 fully saturated rings. The Morgan fingerprint density at radius 3 is 3.11 bits per heavy atom. The van der Waals surface area contributed by atoms with Gasteiger partial charge in [-0.05, 0) is 25.1 Å². The van der Waals surface area contributed by atoms with Crippen molar-refractivity contribution in [3.8, 4) is 5.75 Å². The number of nitrogens with one attached hydrogen (secondary N) is 1. The van der Waals surface area contributed by atoms with Crippen molar-refractivity contribution in [1.29, 1.82) is 0 Å². The van der Waals surface area contributed by atoms with Gasteiger partial charge in [-0.15, -0.1) is 10.2 Å². The molecule has 18 heavy (non-hydrogen) atoms. The third kappa shape index (κ3) is 2.35. The molecule has 0 bridgehead atoms. The average Bonchev–Trinajstić information content (AvgIpc) is 2.76. The van der Waals surface area contributed by atoms with Gasteiger partial charge in [0.1, 0.15) is 10.8 Å². The Balaban J connectivity index is 1.88. The predicted octanol–water partition coefficient (Wildman–Crippen LogP) is 3.54. The van der Waals surface area contributed by atoms with Crippen LogP contribution in [0, 0.1) is 6.92 Å². The second-order valence-electron chi connectivity index (χ2n) is 4.14. The van der Waals surface area contributed by atoms with Crippen molar-refractivity contribution in [2.45, 2.75) is 19.4 Å². The van der Waals surface area contributed by atoms with E-state index in [0.717, 1.165) is 33.4 Å². The van der Waals surface area contributed by atoms with Crippen LogP contribution < -0.4 is 10.1 Å². The Morgan fingerprint density at radius 2 is 2.33 bits per heavy atom. The Labute approximate surface area is 118 Å². The number of halogens is 1. The van der Waals surface area contributed by atoms with Crippen molar-refractivity contribution in [2.24, 2.45) is 0 Å². The molecule has 2 heterocycles. The van der Waals surface area contributed by atoms with Gasteiger partial charge >= 0.3 is 0 Å². The van der Waals surface area contributed by atoms with Gasteiger partial charge in [-0.3, -0.25) is 0 Å². The largest absolute Gasteiger partial charge is 0.493 e. The summed E-state index contributed by atoms with van der Waals surface area (Å²) in [4.78, 5) is 0. The standard InChI is InChI=1S/C12H12BrN3OS/c1-7-15-16-12(18-7)14-10-4-5-17-11-3-2-8(13)6-9(10)11/h2-3,6,10H,4-5H2,1H3,(H,14,16). The monoisotopic (exact) mass is 325 g/mol. The molecule has 1 unspecified atom stereocenters. The molecular formula is C12H12BrN3OS. The number of ether oxygens (including phenoxy) is 1. The quantitative estimate of drug-likeness (QED) is 0.917. The fourth-order valence-corrected chi connectivity index (χ4v) is 3.04. The third-order valence-corrected chi connectivity index (χ3v) is 4.10. The van der Waals surface area contributed by atoms with Gasteiger partial charge in [0.25, 0.3) is 0 Å². The number of nitrogens with zero attached hydrogens (tertiary/aromatic N) is 2. The molecule has 1 N–H and O–H groups in total. The Morgan fingerprint density at radius 1 is 1.44 bits per heavy atom. The van der Waals surface area contributed by atoms with Crippen LogP contribution in [0.2, 0.25) is 0 Å². The number of aromatic nitrogens is 2. The maximum Gasteiger partial charge on any atom is 0.206 e. The van der Waals surface area contributed by atoms with E-state index in [1.165, 1.54) is 5.56 Å². The maximum atomic E-state index is 5.66. The first-order chi connectivity index (χ1) is 8.72. The van der Waals surface area contributed by atoms with E-state index in [0.29, 0.717) is 0 Å². The van der Waals surface area contributed by atoms with Crippen LogP contribution in [0.1, 0.15) is 23.0 Å². The highest BCUT2D eigenvalue weighted by Crippen LogP contribution is 2.36. The van der Waals surface area contributed by atoms with Gasteiger partial charge in [0, 0.05) is 16.5 Å². The second kappa shape index (κ2) is 4.85. The third-order valence-electron chi connectivity index (χ3n) is 2.84. The summed E-state index contributed by atoms with van der Waals surface area (Å²) in [6, 6.07) is 6.33. The van der Waals surface area contributed by atoms with E-state index in [4.69, 9.17) is 4.74 Å². The van der Waals surface area contributed by atoms with Gasteiger partial charge in [-0.1, -0.05) is 27.3 Å². The van der Waals surface area contributed by atoms with E-state index in [-0.39, 0.29) is 6.04 Å². The Kier molecular flexibility index (Phi) is 3.22. The maximum absolute atomic E-state index is 5.66. The number of fused-ring (bicyclic) bond motifs is 1. The van der Waals surface area contributed by atoms with Crippen LogP contribution in [-0.4, -0.2) is 16.8 Å². The first-order valence-corrected chi connectivity index (χ1v) is 7.32. The summed E-state index contributed by atoms with van der Waals surface area (Å²) in [6.45, 7) is 2.68. The number of hydrogen-bond donors (Lipinski definition) is 1. The number of aryl methyl sites for hydroxylation is 1. The summed E-state index contributed by atoms with van der Waals surface area (Å²) in [5, 5.41) is 13.4. The van der Waals surface area contributed by atoms with Crippen molar-refractivity contribution in [3.63, 3.8) is 0 Å². The number of benzene rings is 1. The summed E-state index contributed by atoms with van der Waals surface area (Å²) in [7, 11) is 0. The van der Waals surface area contributed by atoms with Crippen molar-refractivity contribution in [1.82, 2.24) is 10.2 Å². The lowest BCUT2D eigenvalue weighted by Gasteiger charge is -2.26. The van der Waals surface area contributed by atoms with Crippen molar-refractivity contribution in [3.05, 3.63) is 33.2 Å². The predicted molar refractivity (Wildman–Crippen MR) is 75.3 cm³/mol. The zero-order chi connectivity index (χ0) is 12.5. The first-order valence-electron chi connectivity index (χ1n) is 5.71. The molecule has 0 saturated heterocycles. The molecule has 0 spiro atoms. The highest BCUT2D eigenvalue weighted by Gasteiger charge is 2.22. The fraction of sp³-hybridized carbons (Fsp3) is 0.333. The molecule has 3 rings (SSSR count). The highest BCUT2D eigenvalue weighted by molar-refractivity contribution is 9.10. The summed E-state index contributed by atoms with van der Waals surface area (Å²) in [6.07, 6.45) is 0.933. The molecule has 2 aromatic rings. The van der Waals surface area contributed by atoms with E-state index < -0.39 is 0 Å². The molecule has 0 aliphatic carbocycles. The highest BCUT2D eigenvalue weighted by atomic mass is 79.9. The van der Waals surface area contributed by atoms with Crippen LogP contribution >= 0.6 is 27.3 Å². The van der Waals surface area contributed by atoms with Gasteiger partial charge in [0.15, 0.2) is 0 Å². The molecule has 0 saturated carbocycles. The second-order valence-corrected chi connectivity index (χ2v) is 6.24. The molecular weight excluding hydrogens is 314 g/mol. The van der Waals surface area contributed by atoms with Gasteiger partial charge in [0.05, 0.1) is 12.6 Å². The minimum Gasteiger partial charge on any atom is -0.493 e. The molecule has 0 amide bonds. The Hall–Kier alpha value is -1.14. The van der Waals surface area contributed by atoms with Crippen LogP contribution in [0.15, 0.2) is 22.7 Å². The van der Waals surface area contributed by atoms with E-state index in [9.17, 15) is 0 Å². The lowest BCUT2D eigenvalue weighted by molar-refractivity contribution is 0.274. The van der Waals surface area contributed by atoms with Gasteiger partial charge < -0.3 is 10.1 Å². The van der Waals surface area contributed by atoms with E-state index in [1.807, 2.05) is 19.1 Å². The minimum absolute atomic E-state index is 0.235. The SMILES string of the molecule is Cc1nnc(NC2CCOc3ccc(Br)cc32)s1. The van der Waals surface area contributed by atoms with E-state index in [2.05, 4.69) is 37.5 Å². The number of rotatable bonds is 2. The molecule has 1 aliphatic rings. The number of anilines is 1. The van der Waals surface area contributed by atoms with Crippen LogP contribution in [0.4, 0.5) is 5.13 Å². The van der Waals surface area contributed by atoms with E-state index >= 15 is 0 Å². The fourth-order valence-electron chi connectivity index (χ4n) is 2.02. The van der Waals surface area contributed by atoms with Crippen LogP contribution in [0.3, 0.4) is 0 Å². The van der Waals surface area contributed by atoms with Gasteiger partial charge in [-0.2, -0.15) is 0 Å². The van der Waals surface area contributed by atoms with Gasteiger partial charge in [-0.25, -0.2) is 0 Å². The van der Waals surface area contributed by atoms with Crippen molar-refractivity contribution < 1.29 is 4.74 Å². The zero-order valence-corrected chi connectivity index (χ0v) is 12.2. The number of hydrogen-bond acceptors (Lipinski definition) is 5. The van der Waals surface area contributed by atoms with Gasteiger partial charge in [0.2, 0.25) is 5.13 Å². The molecule has 1 aromatic heterocycles. The smallest absolute Gasteiger partial charge is 0.206 e. The zero-order valence-electron chi connectivity index (χ0n) is 9.81. The summed E-state index contributed by atoms with van der Waals surface area (Å²) >= 11 is 5.07. The molecule has 94 valence electrons. The minimum atomic E-state index is 0.235. The molecule has 1 aromatic carbocycles. The lowest BCUT2D eigenvalue weighted by atomic mass is 10.0. The molecule has 1 aliphatic heterocycles. The van der Waals surface area contributed by atoms with E-state index in [1.54, 1.807) is 11.3 Å². The normalized spacial score (nSPS) is 18.0. The van der Waals surface area contributed by atoms with Crippen molar-refractivity contribution in [2.75, 3.05) is 11.9 Å². The molecule has 4 nitrogen and oxygen atoms in total. The molecule has 6 heteroatoms. The van der Waals surface area contributed by atoms with Crippen LogP contribution in [-0.2, 0) is 0 Å². The van der Waals surface area contributed by atoms with Crippen LogP contribution in [0.5, 0.6) is 5.75 Å². The van der Waals surface area contributed by atoms with Crippen molar-refractivity contribution >= 4 is 32.4 Å². The molecule has 0 radical (unpaired) electrons. The first kappa shape index (κ1) is 11.9. The lowest BCUT2D eigenvalue weighted by Crippen LogP contribution is -2.20. The summed E-state index contributed by atoms with van der Waals surface area (Å²) in [5.41, 5.74) is 1.17. The molecule has 1 atom stereocenters.